The molecule has 0 radical (unpaired) electrons. The van der Waals surface area contributed by atoms with Crippen LogP contribution in [-0.4, -0.2) is 18.1 Å². The molecule has 0 spiro atoms. The zero-order chi connectivity index (χ0) is 8.27. The highest BCUT2D eigenvalue weighted by Crippen LogP contribution is 2.12. The maximum atomic E-state index is 10.5. The van der Waals surface area contributed by atoms with Gasteiger partial charge in [-0.2, -0.15) is 0 Å². The van der Waals surface area contributed by atoms with E-state index in [-0.39, 0.29) is 1.43 Å². The molecule has 11 heavy (non-hydrogen) atoms. The molecule has 0 amide bonds. The Kier molecular flexibility index (Phi) is 2.11. The van der Waals surface area contributed by atoms with E-state index < -0.39 is 5.97 Å². The topological polar surface area (TPSA) is 49.3 Å². The lowest BCUT2D eigenvalue weighted by Crippen LogP contribution is -2.01. The average molecular weight is 153 g/mol. The minimum Gasteiger partial charge on any atom is -0.478 e. The Labute approximate surface area is 66.2 Å². The van der Waals surface area contributed by atoms with Gasteiger partial charge < -0.3 is 10.4 Å². The van der Waals surface area contributed by atoms with Gasteiger partial charge in [-0.3, -0.25) is 0 Å². The monoisotopic (exact) mass is 153 g/mol. The van der Waals surface area contributed by atoms with E-state index >= 15 is 0 Å². The SMILES string of the molecule is CNc1ccccc1C(=O)O.[HH]. The van der Waals surface area contributed by atoms with Gasteiger partial charge in [0.15, 0.2) is 0 Å². The first-order valence-electron chi connectivity index (χ1n) is 3.26. The number of nitrogens with one attached hydrogen (secondary N) is 1. The predicted molar refractivity (Wildman–Crippen MR) is 45.1 cm³/mol. The third-order valence-corrected chi connectivity index (χ3v) is 1.43. The summed E-state index contributed by atoms with van der Waals surface area (Å²) in [6.45, 7) is 0. The molecule has 1 rings (SSSR count). The van der Waals surface area contributed by atoms with Crippen molar-refractivity contribution in [2.75, 3.05) is 12.4 Å². The lowest BCUT2D eigenvalue weighted by molar-refractivity contribution is 0.0698. The van der Waals surface area contributed by atoms with Crippen molar-refractivity contribution >= 4 is 11.7 Å². The molecule has 0 aliphatic carbocycles. The van der Waals surface area contributed by atoms with E-state index in [0.29, 0.717) is 11.3 Å². The Balaban J connectivity index is 0.00000121. The normalized spacial score (nSPS) is 9.18. The molecular formula is C8H11NO2. The Morgan fingerprint density at radius 3 is 2.64 bits per heavy atom. The molecule has 3 nitrogen and oxygen atoms in total. The molecule has 0 bridgehead atoms. The van der Waals surface area contributed by atoms with Crippen molar-refractivity contribution in [2.45, 2.75) is 0 Å². The number of carboxylic acids is 1. The number of para-hydroxylation sites is 1. The van der Waals surface area contributed by atoms with Crippen LogP contribution < -0.4 is 5.32 Å². The van der Waals surface area contributed by atoms with Crippen LogP contribution in [0.5, 0.6) is 0 Å². The first kappa shape index (κ1) is 7.60. The molecule has 0 aliphatic heterocycles. The Hall–Kier alpha value is -1.51. The minimum atomic E-state index is -0.907. The average Bonchev–Trinajstić information content (AvgIpc) is 2.04. The van der Waals surface area contributed by atoms with Crippen molar-refractivity contribution in [1.82, 2.24) is 0 Å². The number of hydrogen-bond acceptors (Lipinski definition) is 2. The van der Waals surface area contributed by atoms with E-state index in [2.05, 4.69) is 5.32 Å². The first-order chi connectivity index (χ1) is 5.25. The standard InChI is InChI=1S/C8H9NO2.H2/c1-9-7-5-3-2-4-6(7)8(10)11;/h2-5,9H,1H3,(H,10,11);1H. The van der Waals surface area contributed by atoms with E-state index in [1.165, 1.54) is 0 Å². The molecule has 0 unspecified atom stereocenters. The molecule has 60 valence electrons. The third kappa shape index (κ3) is 1.49. The Bertz CT molecular complexity index is 276. The van der Waals surface area contributed by atoms with Gasteiger partial charge >= 0.3 is 5.97 Å². The van der Waals surface area contributed by atoms with Crippen LogP contribution in [0.25, 0.3) is 0 Å². The molecule has 0 atom stereocenters. The molecule has 0 heterocycles. The lowest BCUT2D eigenvalue weighted by atomic mass is 10.2. The van der Waals surface area contributed by atoms with Gasteiger partial charge in [0.05, 0.1) is 5.56 Å². The smallest absolute Gasteiger partial charge is 0.337 e. The molecule has 0 saturated carbocycles. The van der Waals surface area contributed by atoms with E-state index in [9.17, 15) is 4.79 Å². The van der Waals surface area contributed by atoms with E-state index in [1.54, 1.807) is 31.3 Å². The Morgan fingerprint density at radius 2 is 2.18 bits per heavy atom. The van der Waals surface area contributed by atoms with Crippen molar-refractivity contribution < 1.29 is 11.3 Å². The van der Waals surface area contributed by atoms with Gasteiger partial charge in [0, 0.05) is 14.2 Å². The summed E-state index contributed by atoms with van der Waals surface area (Å²) in [5.74, 6) is -0.907. The summed E-state index contributed by atoms with van der Waals surface area (Å²) in [7, 11) is 1.70. The molecule has 0 fully saturated rings. The number of hydrogen-bond donors (Lipinski definition) is 2. The van der Waals surface area contributed by atoms with Crippen LogP contribution in [-0.2, 0) is 0 Å². The quantitative estimate of drug-likeness (QED) is 0.679. The fourth-order valence-electron chi connectivity index (χ4n) is 0.888. The summed E-state index contributed by atoms with van der Waals surface area (Å²) < 4.78 is 0. The summed E-state index contributed by atoms with van der Waals surface area (Å²) in [6, 6.07) is 6.78. The number of aromatic carboxylic acids is 1. The molecule has 1 aromatic carbocycles. The summed E-state index contributed by atoms with van der Waals surface area (Å²) in [5.41, 5.74) is 0.940. The fraction of sp³-hybridized carbons (Fsp3) is 0.125. The van der Waals surface area contributed by atoms with Crippen LogP contribution in [0.15, 0.2) is 24.3 Å². The first-order valence-corrected chi connectivity index (χ1v) is 3.26. The Morgan fingerprint density at radius 1 is 1.55 bits per heavy atom. The zero-order valence-corrected chi connectivity index (χ0v) is 6.16. The maximum absolute atomic E-state index is 10.5. The van der Waals surface area contributed by atoms with Crippen molar-refractivity contribution in [3.8, 4) is 0 Å². The van der Waals surface area contributed by atoms with Gasteiger partial charge in [-0.25, -0.2) is 4.79 Å². The second kappa shape index (κ2) is 3.05. The highest BCUT2D eigenvalue weighted by Gasteiger charge is 2.05. The molecule has 0 aliphatic rings. The number of carbonyl (C=O) groups is 1. The summed E-state index contributed by atoms with van der Waals surface area (Å²) in [4.78, 5) is 10.5. The number of carboxylic acid groups (broad SMARTS) is 1. The summed E-state index contributed by atoms with van der Waals surface area (Å²) in [5, 5.41) is 11.5. The largest absolute Gasteiger partial charge is 0.478 e. The second-order valence-corrected chi connectivity index (χ2v) is 2.10. The van der Waals surface area contributed by atoms with Crippen LogP contribution in [0.2, 0.25) is 0 Å². The third-order valence-electron chi connectivity index (χ3n) is 1.43. The van der Waals surface area contributed by atoms with Crippen molar-refractivity contribution in [3.05, 3.63) is 29.8 Å². The predicted octanol–water partition coefficient (Wildman–Crippen LogP) is 1.67. The highest BCUT2D eigenvalue weighted by atomic mass is 16.4. The zero-order valence-electron chi connectivity index (χ0n) is 6.16. The van der Waals surface area contributed by atoms with Crippen molar-refractivity contribution in [1.29, 1.82) is 0 Å². The van der Waals surface area contributed by atoms with Crippen LogP contribution >= 0.6 is 0 Å². The van der Waals surface area contributed by atoms with Crippen LogP contribution in [0, 0.1) is 0 Å². The van der Waals surface area contributed by atoms with Gasteiger partial charge in [-0.05, 0) is 12.1 Å². The van der Waals surface area contributed by atoms with Crippen LogP contribution in [0.4, 0.5) is 5.69 Å². The summed E-state index contributed by atoms with van der Waals surface area (Å²) >= 11 is 0. The number of benzene rings is 1. The van der Waals surface area contributed by atoms with Gasteiger partial charge in [-0.1, -0.05) is 12.1 Å². The minimum absolute atomic E-state index is 0. The van der Waals surface area contributed by atoms with E-state index in [0.717, 1.165) is 0 Å². The lowest BCUT2D eigenvalue weighted by Gasteiger charge is -2.02. The highest BCUT2D eigenvalue weighted by molar-refractivity contribution is 5.94. The number of rotatable bonds is 2. The maximum Gasteiger partial charge on any atom is 0.337 e. The van der Waals surface area contributed by atoms with Gasteiger partial charge in [0.25, 0.3) is 0 Å². The van der Waals surface area contributed by atoms with E-state index in [1.807, 2.05) is 0 Å². The van der Waals surface area contributed by atoms with Gasteiger partial charge in [0.1, 0.15) is 0 Å². The van der Waals surface area contributed by atoms with E-state index in [4.69, 9.17) is 5.11 Å². The summed E-state index contributed by atoms with van der Waals surface area (Å²) in [6.07, 6.45) is 0. The fourth-order valence-corrected chi connectivity index (χ4v) is 0.888. The second-order valence-electron chi connectivity index (χ2n) is 2.10. The van der Waals surface area contributed by atoms with Gasteiger partial charge in [0.2, 0.25) is 0 Å². The van der Waals surface area contributed by atoms with Crippen LogP contribution in [0.3, 0.4) is 0 Å². The molecule has 0 saturated heterocycles. The number of anilines is 1. The van der Waals surface area contributed by atoms with Crippen LogP contribution in [0.1, 0.15) is 11.8 Å². The molecule has 0 aromatic heterocycles. The molecular weight excluding hydrogens is 142 g/mol. The van der Waals surface area contributed by atoms with Crippen molar-refractivity contribution in [3.63, 3.8) is 0 Å². The molecule has 3 heteroatoms. The van der Waals surface area contributed by atoms with Crippen molar-refractivity contribution in [2.24, 2.45) is 0 Å². The van der Waals surface area contributed by atoms with Gasteiger partial charge in [-0.15, -0.1) is 0 Å². The molecule has 1 aromatic rings. The molecule has 2 N–H and O–H groups in total.